The van der Waals surface area contributed by atoms with Gasteiger partial charge in [0.15, 0.2) is 0 Å². The largest absolute Gasteiger partial charge is 0.495 e. The number of carbonyl (C=O) groups excluding carboxylic acids is 1. The van der Waals surface area contributed by atoms with E-state index in [-0.39, 0.29) is 22.4 Å². The summed E-state index contributed by atoms with van der Waals surface area (Å²) in [6, 6.07) is 12.0. The van der Waals surface area contributed by atoms with E-state index >= 15 is 0 Å². The van der Waals surface area contributed by atoms with Crippen molar-refractivity contribution >= 4 is 33.2 Å². The minimum Gasteiger partial charge on any atom is -0.495 e. The molecule has 1 aliphatic rings. The summed E-state index contributed by atoms with van der Waals surface area (Å²) in [5, 5.41) is 3.20. The topological polar surface area (TPSA) is 75.7 Å². The number of hydrogen-bond acceptors (Lipinski definition) is 4. The van der Waals surface area contributed by atoms with Crippen molar-refractivity contribution in [3.63, 3.8) is 0 Å². The average molecular weight is 437 g/mol. The molecule has 1 fully saturated rings. The van der Waals surface area contributed by atoms with Crippen molar-refractivity contribution in [2.45, 2.75) is 31.1 Å². The number of benzene rings is 2. The predicted molar refractivity (Wildman–Crippen MR) is 114 cm³/mol. The Labute approximate surface area is 176 Å². The van der Waals surface area contributed by atoms with Gasteiger partial charge in [-0.25, -0.2) is 8.42 Å². The molecule has 29 heavy (non-hydrogen) atoms. The molecule has 2 aromatic carbocycles. The number of hydrogen-bond donors (Lipinski definition) is 1. The number of nitrogens with zero attached hydrogens (tertiary/aromatic N) is 1. The summed E-state index contributed by atoms with van der Waals surface area (Å²) in [4.78, 5) is 12.9. The zero-order valence-electron chi connectivity index (χ0n) is 16.5. The number of halogens is 1. The van der Waals surface area contributed by atoms with Crippen LogP contribution in [-0.2, 0) is 21.2 Å². The van der Waals surface area contributed by atoms with Crippen molar-refractivity contribution < 1.29 is 17.9 Å². The number of aryl methyl sites for hydroxylation is 1. The Morgan fingerprint density at radius 3 is 2.72 bits per heavy atom. The number of nitrogens with one attached hydrogen (secondary N) is 1. The molecule has 1 N–H and O–H groups in total. The fourth-order valence-electron chi connectivity index (χ4n) is 3.52. The summed E-state index contributed by atoms with van der Waals surface area (Å²) in [5.41, 5.74) is 1.83. The van der Waals surface area contributed by atoms with Gasteiger partial charge in [-0.05, 0) is 49.1 Å². The highest BCUT2D eigenvalue weighted by atomic mass is 35.5. The number of rotatable bonds is 6. The number of piperidine rings is 1. The number of carbonyl (C=O) groups is 1. The third-order valence-corrected chi connectivity index (χ3v) is 7.33. The zero-order valence-corrected chi connectivity index (χ0v) is 18.1. The van der Waals surface area contributed by atoms with Crippen LogP contribution in [0.4, 0.5) is 5.69 Å². The Hall–Kier alpha value is -2.09. The number of ether oxygens (including phenoxy) is 1. The first-order chi connectivity index (χ1) is 13.9. The Bertz CT molecular complexity index is 994. The van der Waals surface area contributed by atoms with E-state index in [9.17, 15) is 13.2 Å². The van der Waals surface area contributed by atoms with Crippen LogP contribution in [0.5, 0.6) is 5.75 Å². The second kappa shape index (κ2) is 9.15. The van der Waals surface area contributed by atoms with Gasteiger partial charge in [0.2, 0.25) is 15.9 Å². The van der Waals surface area contributed by atoms with Crippen molar-refractivity contribution in [2.75, 3.05) is 25.5 Å². The van der Waals surface area contributed by atoms with E-state index in [2.05, 4.69) is 5.32 Å². The Morgan fingerprint density at radius 1 is 1.28 bits per heavy atom. The summed E-state index contributed by atoms with van der Waals surface area (Å²) in [6.07, 6.45) is 2.08. The molecule has 0 aromatic heterocycles. The zero-order chi connectivity index (χ0) is 21.0. The SMILES string of the molecule is CCc1ccccc1NC(=O)[C@H]1CCCN(S(=O)(=O)c2ccc(OC)c(Cl)c2)C1. The Kier molecular flexibility index (Phi) is 6.82. The van der Waals surface area contributed by atoms with Gasteiger partial charge in [-0.1, -0.05) is 36.7 Å². The minimum absolute atomic E-state index is 0.0979. The average Bonchev–Trinajstić information content (AvgIpc) is 2.74. The molecule has 0 bridgehead atoms. The van der Waals surface area contributed by atoms with Crippen LogP contribution in [0.3, 0.4) is 0 Å². The third kappa shape index (κ3) is 4.74. The van der Waals surface area contributed by atoms with Crippen LogP contribution in [0.15, 0.2) is 47.4 Å². The lowest BCUT2D eigenvalue weighted by atomic mass is 9.98. The standard InChI is InChI=1S/C21H25ClN2O4S/c1-3-15-7-4-5-9-19(15)23-21(25)16-8-6-12-24(14-16)29(26,27)17-10-11-20(28-2)18(22)13-17/h4-5,7,9-11,13,16H,3,6,8,12,14H2,1-2H3,(H,23,25)/t16-/m0/s1. The highest BCUT2D eigenvalue weighted by molar-refractivity contribution is 7.89. The van der Waals surface area contributed by atoms with Crippen molar-refractivity contribution in [3.8, 4) is 5.75 Å². The number of anilines is 1. The maximum absolute atomic E-state index is 13.1. The molecule has 1 aliphatic heterocycles. The van der Waals surface area contributed by atoms with Gasteiger partial charge in [0.25, 0.3) is 0 Å². The monoisotopic (exact) mass is 436 g/mol. The summed E-state index contributed by atoms with van der Waals surface area (Å²) < 4.78 is 32.6. The van der Waals surface area contributed by atoms with E-state index in [0.717, 1.165) is 17.7 Å². The molecule has 0 saturated carbocycles. The number of sulfonamides is 1. The van der Waals surface area contributed by atoms with E-state index in [1.54, 1.807) is 0 Å². The van der Waals surface area contributed by atoms with Gasteiger partial charge in [0.05, 0.1) is 22.9 Å². The molecule has 3 rings (SSSR count). The van der Waals surface area contributed by atoms with Gasteiger partial charge in [0.1, 0.15) is 5.75 Å². The molecule has 1 atom stereocenters. The highest BCUT2D eigenvalue weighted by Gasteiger charge is 2.33. The molecule has 156 valence electrons. The summed E-state index contributed by atoms with van der Waals surface area (Å²) in [6.45, 7) is 2.55. The van der Waals surface area contributed by atoms with Crippen molar-refractivity contribution in [2.24, 2.45) is 5.92 Å². The van der Waals surface area contributed by atoms with Crippen LogP contribution < -0.4 is 10.1 Å². The van der Waals surface area contributed by atoms with E-state index in [1.807, 2.05) is 31.2 Å². The van der Waals surface area contributed by atoms with Gasteiger partial charge in [-0.3, -0.25) is 4.79 Å². The predicted octanol–water partition coefficient (Wildman–Crippen LogP) is 3.95. The number of amides is 1. The molecule has 8 heteroatoms. The maximum Gasteiger partial charge on any atom is 0.243 e. The van der Waals surface area contributed by atoms with Crippen LogP contribution in [0.25, 0.3) is 0 Å². The lowest BCUT2D eigenvalue weighted by Crippen LogP contribution is -2.43. The van der Waals surface area contributed by atoms with Crippen molar-refractivity contribution in [3.05, 3.63) is 53.1 Å². The normalized spacial score (nSPS) is 17.7. The first-order valence-corrected chi connectivity index (χ1v) is 11.4. The molecule has 2 aromatic rings. The molecular formula is C21H25ClN2O4S. The smallest absolute Gasteiger partial charge is 0.243 e. The van der Waals surface area contributed by atoms with Crippen LogP contribution in [-0.4, -0.2) is 38.8 Å². The van der Waals surface area contributed by atoms with Gasteiger partial charge in [-0.15, -0.1) is 0 Å². The molecule has 0 aliphatic carbocycles. The van der Waals surface area contributed by atoms with Gasteiger partial charge in [-0.2, -0.15) is 4.31 Å². The van der Waals surface area contributed by atoms with Crippen LogP contribution in [0.1, 0.15) is 25.3 Å². The second-order valence-corrected chi connectivity index (χ2v) is 9.34. The highest BCUT2D eigenvalue weighted by Crippen LogP contribution is 2.30. The van der Waals surface area contributed by atoms with E-state index in [1.165, 1.54) is 29.6 Å². The van der Waals surface area contributed by atoms with Crippen LogP contribution in [0, 0.1) is 5.92 Å². The van der Waals surface area contributed by atoms with Gasteiger partial charge in [0, 0.05) is 18.8 Å². The molecule has 0 spiro atoms. The van der Waals surface area contributed by atoms with Crippen LogP contribution in [0.2, 0.25) is 5.02 Å². The van der Waals surface area contributed by atoms with E-state index in [4.69, 9.17) is 16.3 Å². The molecule has 1 amide bonds. The third-order valence-electron chi connectivity index (χ3n) is 5.17. The molecule has 1 saturated heterocycles. The molecule has 0 radical (unpaired) electrons. The number of para-hydroxylation sites is 1. The first kappa shape index (κ1) is 21.6. The fraction of sp³-hybridized carbons (Fsp3) is 0.381. The fourth-order valence-corrected chi connectivity index (χ4v) is 5.39. The maximum atomic E-state index is 13.1. The van der Waals surface area contributed by atoms with Crippen molar-refractivity contribution in [1.82, 2.24) is 4.31 Å². The number of methoxy groups -OCH3 is 1. The Morgan fingerprint density at radius 2 is 2.03 bits per heavy atom. The summed E-state index contributed by atoms with van der Waals surface area (Å²) >= 11 is 6.10. The lowest BCUT2D eigenvalue weighted by molar-refractivity contribution is -0.120. The van der Waals surface area contributed by atoms with Gasteiger partial charge >= 0.3 is 0 Å². The van der Waals surface area contributed by atoms with Gasteiger partial charge < -0.3 is 10.1 Å². The van der Waals surface area contributed by atoms with Crippen LogP contribution >= 0.6 is 11.6 Å². The molecule has 6 nitrogen and oxygen atoms in total. The quantitative estimate of drug-likeness (QED) is 0.743. The second-order valence-electron chi connectivity index (χ2n) is 7.00. The summed E-state index contributed by atoms with van der Waals surface area (Å²) in [7, 11) is -2.28. The molecular weight excluding hydrogens is 412 g/mol. The van der Waals surface area contributed by atoms with E-state index < -0.39 is 15.9 Å². The Balaban J connectivity index is 1.76. The van der Waals surface area contributed by atoms with E-state index in [0.29, 0.717) is 25.1 Å². The first-order valence-electron chi connectivity index (χ1n) is 9.59. The van der Waals surface area contributed by atoms with Crippen molar-refractivity contribution in [1.29, 1.82) is 0 Å². The lowest BCUT2D eigenvalue weighted by Gasteiger charge is -2.31. The summed E-state index contributed by atoms with van der Waals surface area (Å²) in [5.74, 6) is -0.146. The molecule has 1 heterocycles. The minimum atomic E-state index is -3.75. The molecule has 0 unspecified atom stereocenters.